The van der Waals surface area contributed by atoms with E-state index in [1.54, 1.807) is 28.7 Å². The lowest BCUT2D eigenvalue weighted by Crippen LogP contribution is -2.48. The Morgan fingerprint density at radius 1 is 1.01 bits per heavy atom. The first-order chi connectivity index (χ1) is 32.7. The predicted molar refractivity (Wildman–Crippen MR) is 261 cm³/mol. The van der Waals surface area contributed by atoms with Crippen LogP contribution in [0, 0.1) is 33.6 Å². The van der Waals surface area contributed by atoms with Gasteiger partial charge in [-0.25, -0.2) is 4.98 Å². The molecule has 3 amide bonds. The van der Waals surface area contributed by atoms with Crippen LogP contribution < -0.4 is 15.4 Å². The maximum atomic E-state index is 14.2. The SMILES string of the molecule is Cc1ncsc1-c1ccc(CNC(=O)[C@@H]2C[C@@H](O)CN2C(=O)[C@@H](c2cc(OCCN3CC[C@@H](NC(=O)C[C@@H]4N=C(c5ccc(Cl)cc5)c5c(sc(C)c5C)-n5c(C)nnc54)C3)no2)C(C)C)cc1. The van der Waals surface area contributed by atoms with Gasteiger partial charge in [0.25, 0.3) is 5.88 Å². The molecule has 68 heavy (non-hydrogen) atoms. The van der Waals surface area contributed by atoms with Crippen LogP contribution >= 0.6 is 34.3 Å². The molecule has 3 N–H and O–H groups in total. The molecule has 0 spiro atoms. The summed E-state index contributed by atoms with van der Waals surface area (Å²) in [6.07, 6.45) is 0.181. The number of thiophene rings is 1. The Hall–Kier alpha value is -5.79. The van der Waals surface area contributed by atoms with E-state index in [0.29, 0.717) is 36.3 Å². The number of likely N-dealkylation sites (tertiary alicyclic amines) is 2. The van der Waals surface area contributed by atoms with Crippen molar-refractivity contribution in [2.45, 2.75) is 97.5 Å². The molecule has 0 radical (unpaired) electrons. The van der Waals surface area contributed by atoms with E-state index in [2.05, 4.69) is 49.7 Å². The summed E-state index contributed by atoms with van der Waals surface area (Å²) in [5, 5.41) is 31.6. The van der Waals surface area contributed by atoms with Crippen LogP contribution in [0.3, 0.4) is 0 Å². The number of nitrogens with zero attached hydrogens (tertiary/aromatic N) is 8. The number of carbonyl (C=O) groups excluding carboxylic acids is 3. The summed E-state index contributed by atoms with van der Waals surface area (Å²) >= 11 is 9.53. The zero-order valence-corrected chi connectivity index (χ0v) is 41.3. The van der Waals surface area contributed by atoms with E-state index < -0.39 is 24.1 Å². The highest BCUT2D eigenvalue weighted by Gasteiger charge is 2.43. The van der Waals surface area contributed by atoms with Gasteiger partial charge in [0.05, 0.1) is 34.3 Å². The minimum absolute atomic E-state index is 0.0375. The third-order valence-electron chi connectivity index (χ3n) is 13.1. The first-order valence-corrected chi connectivity index (χ1v) is 25.0. The van der Waals surface area contributed by atoms with E-state index in [1.807, 2.05) is 86.3 Å². The zero-order chi connectivity index (χ0) is 47.8. The van der Waals surface area contributed by atoms with E-state index in [4.69, 9.17) is 25.9 Å². The van der Waals surface area contributed by atoms with Crippen molar-refractivity contribution in [2.75, 3.05) is 32.8 Å². The minimum Gasteiger partial charge on any atom is -0.474 e. The summed E-state index contributed by atoms with van der Waals surface area (Å²) in [5.41, 5.74) is 8.63. The fourth-order valence-corrected chi connectivity index (χ4v) is 11.5. The number of nitrogens with one attached hydrogen (secondary N) is 2. The number of aryl methyl sites for hydroxylation is 3. The van der Waals surface area contributed by atoms with Crippen molar-refractivity contribution in [1.82, 2.24) is 45.3 Å². The standard InChI is InChI=1S/C49H55ClN10O6S2/c1-26(2)42(48(64)59-24-36(61)19-38(59)47(63)51-22-31-7-9-33(10-8-31)45-28(4)52-25-67-45)39-21-41(57-66-39)65-18-17-58-16-15-35(23-58)53-40(62)20-37-46-56-55-30(6)60(46)49-43(27(3)29(5)68-49)44(54-37)32-11-13-34(50)14-12-32/h7-14,21,25-26,35-38,42,61H,15-20,22-24H2,1-6H3,(H,51,63)(H,53,62)/t35-,36-,37+,38+,42-/m1/s1. The first-order valence-electron chi connectivity index (χ1n) is 23.0. The number of hydrogen-bond acceptors (Lipinski definition) is 14. The van der Waals surface area contributed by atoms with Crippen LogP contribution in [0.2, 0.25) is 5.02 Å². The Morgan fingerprint density at radius 3 is 2.51 bits per heavy atom. The average Bonchev–Trinajstić information content (AvgIpc) is 4.19. The Balaban J connectivity index is 0.776. The fraction of sp³-hybridized carbons (Fsp3) is 0.429. The molecular weight excluding hydrogens is 924 g/mol. The molecular formula is C49H55ClN10O6S2. The maximum Gasteiger partial charge on any atom is 0.254 e. The molecule has 2 saturated heterocycles. The van der Waals surface area contributed by atoms with E-state index in [-0.39, 0.29) is 61.5 Å². The number of amides is 3. The van der Waals surface area contributed by atoms with Crippen molar-refractivity contribution in [3.63, 3.8) is 0 Å². The van der Waals surface area contributed by atoms with Crippen LogP contribution in [0.4, 0.5) is 0 Å². The summed E-state index contributed by atoms with van der Waals surface area (Å²) in [4.78, 5) is 57.0. The van der Waals surface area contributed by atoms with Gasteiger partial charge in [0, 0.05) is 72.3 Å². The molecule has 4 aromatic heterocycles. The lowest BCUT2D eigenvalue weighted by molar-refractivity contribution is -0.141. The summed E-state index contributed by atoms with van der Waals surface area (Å²) in [5.74, 6) is 0.227. The first kappa shape index (κ1) is 47.3. The lowest BCUT2D eigenvalue weighted by Gasteiger charge is -2.28. The lowest BCUT2D eigenvalue weighted by atomic mass is 9.91. The van der Waals surface area contributed by atoms with Crippen molar-refractivity contribution in [1.29, 1.82) is 0 Å². The Kier molecular flexibility index (Phi) is 13.9. The Morgan fingerprint density at radius 2 is 1.78 bits per heavy atom. The fourth-order valence-electron chi connectivity index (χ4n) is 9.39. The van der Waals surface area contributed by atoms with E-state index >= 15 is 0 Å². The normalized spacial score (nSPS) is 19.7. The monoisotopic (exact) mass is 978 g/mol. The highest BCUT2D eigenvalue weighted by atomic mass is 35.5. The molecule has 0 bridgehead atoms. The number of benzene rings is 2. The number of carbonyl (C=O) groups is 3. The van der Waals surface area contributed by atoms with Gasteiger partial charge in [0.2, 0.25) is 17.7 Å². The highest BCUT2D eigenvalue weighted by molar-refractivity contribution is 7.15. The number of aliphatic hydroxyl groups is 1. The molecule has 3 aliphatic heterocycles. The van der Waals surface area contributed by atoms with Crippen LogP contribution in [-0.4, -0.2) is 114 Å². The molecule has 2 fully saturated rings. The third-order valence-corrected chi connectivity index (χ3v) is 15.5. The number of halogens is 1. The van der Waals surface area contributed by atoms with Crippen molar-refractivity contribution in [2.24, 2.45) is 10.9 Å². The highest BCUT2D eigenvalue weighted by Crippen LogP contribution is 2.40. The number of β-amino-alcohol motifs (C(OH)–C–C–N with tert-alkyl or cyclic N) is 1. The number of hydrogen-bond donors (Lipinski definition) is 3. The molecule has 0 saturated carbocycles. The van der Waals surface area contributed by atoms with Crippen molar-refractivity contribution in [3.8, 4) is 21.3 Å². The molecule has 0 aliphatic carbocycles. The van der Waals surface area contributed by atoms with Crippen molar-refractivity contribution in [3.05, 3.63) is 115 Å². The molecule has 5 atom stereocenters. The molecule has 16 nitrogen and oxygen atoms in total. The van der Waals surface area contributed by atoms with Gasteiger partial charge in [0.15, 0.2) is 11.6 Å². The van der Waals surface area contributed by atoms with Crippen LogP contribution in [-0.2, 0) is 20.9 Å². The number of aromatic nitrogens is 5. The number of ether oxygens (including phenoxy) is 1. The molecule has 9 rings (SSSR count). The number of thiazole rings is 1. The summed E-state index contributed by atoms with van der Waals surface area (Å²) in [6, 6.07) is 15.8. The van der Waals surface area contributed by atoms with Gasteiger partial charge < -0.3 is 29.9 Å². The minimum atomic E-state index is -0.836. The molecule has 356 valence electrons. The van der Waals surface area contributed by atoms with E-state index in [9.17, 15) is 19.5 Å². The van der Waals surface area contributed by atoms with Crippen LogP contribution in [0.1, 0.15) is 95.3 Å². The molecule has 3 aliphatic rings. The largest absolute Gasteiger partial charge is 0.474 e. The molecule has 19 heteroatoms. The number of fused-ring (bicyclic) bond motifs is 3. The third kappa shape index (κ3) is 9.87. The van der Waals surface area contributed by atoms with Gasteiger partial charge in [-0.1, -0.05) is 61.8 Å². The van der Waals surface area contributed by atoms with Gasteiger partial charge in [0.1, 0.15) is 35.4 Å². The van der Waals surface area contributed by atoms with Crippen LogP contribution in [0.5, 0.6) is 5.88 Å². The number of rotatable bonds is 15. The van der Waals surface area contributed by atoms with Crippen molar-refractivity contribution >= 4 is 57.7 Å². The molecule has 7 heterocycles. The van der Waals surface area contributed by atoms with E-state index in [0.717, 1.165) is 67.9 Å². The van der Waals surface area contributed by atoms with Gasteiger partial charge in [-0.05, 0) is 74.0 Å². The molecule has 6 aromatic rings. The van der Waals surface area contributed by atoms with Crippen LogP contribution in [0.25, 0.3) is 15.4 Å². The number of aliphatic imine (C=N–C) groups is 1. The average molecular weight is 980 g/mol. The maximum absolute atomic E-state index is 14.2. The van der Waals surface area contributed by atoms with Gasteiger partial charge >= 0.3 is 0 Å². The quantitative estimate of drug-likeness (QED) is 0.0970. The summed E-state index contributed by atoms with van der Waals surface area (Å²) < 4.78 is 13.8. The van der Waals surface area contributed by atoms with Gasteiger partial charge in [-0.2, -0.15) is 0 Å². The van der Waals surface area contributed by atoms with Gasteiger partial charge in [-0.3, -0.25) is 28.8 Å². The summed E-state index contributed by atoms with van der Waals surface area (Å²) in [6.45, 7) is 14.5. The van der Waals surface area contributed by atoms with Crippen molar-refractivity contribution < 1.29 is 28.8 Å². The second-order valence-electron chi connectivity index (χ2n) is 18.2. The zero-order valence-electron chi connectivity index (χ0n) is 38.9. The van der Waals surface area contributed by atoms with E-state index in [1.165, 1.54) is 9.78 Å². The predicted octanol–water partition coefficient (Wildman–Crippen LogP) is 6.90. The second kappa shape index (κ2) is 20.0. The molecule has 2 aromatic carbocycles. The van der Waals surface area contributed by atoms with Gasteiger partial charge in [-0.15, -0.1) is 32.9 Å². The smallest absolute Gasteiger partial charge is 0.254 e. The Labute approximate surface area is 407 Å². The second-order valence-corrected chi connectivity index (χ2v) is 20.7. The Bertz CT molecular complexity index is 2830. The topological polar surface area (TPSA) is 193 Å². The number of aliphatic hydroxyl groups excluding tert-OH is 1. The van der Waals surface area contributed by atoms with Crippen LogP contribution in [0.15, 0.2) is 69.6 Å². The molecule has 0 unspecified atom stereocenters. The summed E-state index contributed by atoms with van der Waals surface area (Å²) in [7, 11) is 0.